The van der Waals surface area contributed by atoms with E-state index in [2.05, 4.69) is 4.72 Å². The molecule has 0 unspecified atom stereocenters. The summed E-state index contributed by atoms with van der Waals surface area (Å²) in [6.07, 6.45) is 3.59. The molecule has 0 amide bonds. The third-order valence-electron chi connectivity index (χ3n) is 4.09. The summed E-state index contributed by atoms with van der Waals surface area (Å²) >= 11 is 0. The molecule has 3 rings (SSSR count). The normalized spacial score (nSPS) is 21.7. The van der Waals surface area contributed by atoms with Crippen molar-refractivity contribution in [3.8, 4) is 5.75 Å². The standard InChI is InChI=1S/C18H21NO3S/c20-23(21,16-11-5-2-6-12-16)19-17-13-7-8-14-18(17)22-15-9-3-1-4-10-15/h1-6,9-12,17-19H,7-8,13-14H2/t17-,18+/m0/s1. The molecule has 1 aliphatic rings. The molecule has 2 aromatic carbocycles. The number of benzene rings is 2. The van der Waals surface area contributed by atoms with Crippen LogP contribution in [0.25, 0.3) is 0 Å². The molecule has 0 heterocycles. The lowest BCUT2D eigenvalue weighted by molar-refractivity contribution is 0.125. The van der Waals surface area contributed by atoms with E-state index in [1.165, 1.54) is 0 Å². The summed E-state index contributed by atoms with van der Waals surface area (Å²) in [5.41, 5.74) is 0. The Morgan fingerprint density at radius 3 is 2.17 bits per heavy atom. The summed E-state index contributed by atoms with van der Waals surface area (Å²) in [6, 6.07) is 17.9. The summed E-state index contributed by atoms with van der Waals surface area (Å²) in [7, 11) is -3.52. The second kappa shape index (κ2) is 7.15. The summed E-state index contributed by atoms with van der Waals surface area (Å²) in [5.74, 6) is 0.781. The number of rotatable bonds is 5. The molecule has 0 radical (unpaired) electrons. The summed E-state index contributed by atoms with van der Waals surface area (Å²) in [5, 5.41) is 0. The molecule has 0 aromatic heterocycles. The van der Waals surface area contributed by atoms with E-state index < -0.39 is 10.0 Å². The molecule has 1 aliphatic carbocycles. The van der Waals surface area contributed by atoms with Crippen LogP contribution in [0.15, 0.2) is 65.6 Å². The van der Waals surface area contributed by atoms with Crippen molar-refractivity contribution >= 4 is 10.0 Å². The Bertz CT molecular complexity index is 716. The smallest absolute Gasteiger partial charge is 0.240 e. The van der Waals surface area contributed by atoms with Crippen LogP contribution in [0.5, 0.6) is 5.75 Å². The van der Waals surface area contributed by atoms with Gasteiger partial charge >= 0.3 is 0 Å². The molecule has 0 saturated heterocycles. The third-order valence-corrected chi connectivity index (χ3v) is 5.60. The molecule has 2 aromatic rings. The van der Waals surface area contributed by atoms with E-state index >= 15 is 0 Å². The zero-order valence-corrected chi connectivity index (χ0v) is 13.7. The van der Waals surface area contributed by atoms with Gasteiger partial charge in [0, 0.05) is 0 Å². The summed E-state index contributed by atoms with van der Waals surface area (Å²) in [4.78, 5) is 0.295. The largest absolute Gasteiger partial charge is 0.489 e. The quantitative estimate of drug-likeness (QED) is 0.914. The summed E-state index contributed by atoms with van der Waals surface area (Å²) in [6.45, 7) is 0. The maximum atomic E-state index is 12.5. The van der Waals surface area contributed by atoms with Gasteiger partial charge in [0.15, 0.2) is 0 Å². The Balaban J connectivity index is 1.74. The fourth-order valence-corrected chi connectivity index (χ4v) is 4.23. The molecule has 1 saturated carbocycles. The van der Waals surface area contributed by atoms with Gasteiger partial charge in [0.1, 0.15) is 11.9 Å². The molecular formula is C18H21NO3S. The molecule has 122 valence electrons. The van der Waals surface area contributed by atoms with Crippen molar-refractivity contribution in [1.82, 2.24) is 4.72 Å². The highest BCUT2D eigenvalue weighted by Crippen LogP contribution is 2.25. The zero-order valence-electron chi connectivity index (χ0n) is 12.9. The number of nitrogens with one attached hydrogen (secondary N) is 1. The Labute approximate surface area is 137 Å². The molecular weight excluding hydrogens is 310 g/mol. The lowest BCUT2D eigenvalue weighted by Gasteiger charge is -2.32. The van der Waals surface area contributed by atoms with Gasteiger partial charge in [0.05, 0.1) is 10.9 Å². The van der Waals surface area contributed by atoms with Gasteiger partial charge in [-0.25, -0.2) is 13.1 Å². The first-order valence-electron chi connectivity index (χ1n) is 7.94. The summed E-state index contributed by atoms with van der Waals surface area (Å²) < 4.78 is 33.9. The molecule has 0 spiro atoms. The van der Waals surface area contributed by atoms with Crippen molar-refractivity contribution in [3.63, 3.8) is 0 Å². The first-order chi connectivity index (χ1) is 11.1. The number of para-hydroxylation sites is 1. The Hall–Kier alpha value is -1.85. The van der Waals surface area contributed by atoms with Gasteiger partial charge in [-0.15, -0.1) is 0 Å². The molecule has 23 heavy (non-hydrogen) atoms. The van der Waals surface area contributed by atoms with Gasteiger partial charge in [-0.3, -0.25) is 0 Å². The predicted molar refractivity (Wildman–Crippen MR) is 89.9 cm³/mol. The first kappa shape index (κ1) is 16.0. The van der Waals surface area contributed by atoms with Crippen LogP contribution in [0, 0.1) is 0 Å². The number of hydrogen-bond acceptors (Lipinski definition) is 3. The van der Waals surface area contributed by atoms with E-state index in [0.29, 0.717) is 4.90 Å². The van der Waals surface area contributed by atoms with Crippen LogP contribution >= 0.6 is 0 Å². The van der Waals surface area contributed by atoms with Crippen LogP contribution in [0.4, 0.5) is 0 Å². The molecule has 2 atom stereocenters. The minimum absolute atomic E-state index is 0.135. The van der Waals surface area contributed by atoms with E-state index in [4.69, 9.17) is 4.74 Å². The van der Waals surface area contributed by atoms with Gasteiger partial charge in [0.2, 0.25) is 10.0 Å². The average molecular weight is 331 g/mol. The fraction of sp³-hybridized carbons (Fsp3) is 0.333. The number of sulfonamides is 1. The van der Waals surface area contributed by atoms with Gasteiger partial charge in [-0.05, 0) is 43.5 Å². The molecule has 0 aliphatic heterocycles. The van der Waals surface area contributed by atoms with Crippen LogP contribution in [-0.4, -0.2) is 20.6 Å². The molecule has 1 fully saturated rings. The van der Waals surface area contributed by atoms with Gasteiger partial charge in [0.25, 0.3) is 0 Å². The van der Waals surface area contributed by atoms with Crippen molar-refractivity contribution in [3.05, 3.63) is 60.7 Å². The van der Waals surface area contributed by atoms with Gasteiger partial charge < -0.3 is 4.74 Å². The van der Waals surface area contributed by atoms with Crippen molar-refractivity contribution in [2.45, 2.75) is 42.7 Å². The van der Waals surface area contributed by atoms with Crippen molar-refractivity contribution in [2.24, 2.45) is 0 Å². The maximum absolute atomic E-state index is 12.5. The minimum Gasteiger partial charge on any atom is -0.489 e. The highest BCUT2D eigenvalue weighted by Gasteiger charge is 2.30. The van der Waals surface area contributed by atoms with E-state index in [9.17, 15) is 8.42 Å². The van der Waals surface area contributed by atoms with Crippen LogP contribution in [0.2, 0.25) is 0 Å². The average Bonchev–Trinajstić information content (AvgIpc) is 2.58. The number of hydrogen-bond donors (Lipinski definition) is 1. The van der Waals surface area contributed by atoms with Gasteiger partial charge in [-0.1, -0.05) is 42.8 Å². The lowest BCUT2D eigenvalue weighted by Crippen LogP contribution is -2.47. The second-order valence-corrected chi connectivity index (χ2v) is 7.51. The van der Waals surface area contributed by atoms with Crippen molar-refractivity contribution < 1.29 is 13.2 Å². The molecule has 1 N–H and O–H groups in total. The van der Waals surface area contributed by atoms with E-state index in [1.54, 1.807) is 30.3 Å². The maximum Gasteiger partial charge on any atom is 0.240 e. The topological polar surface area (TPSA) is 55.4 Å². The Morgan fingerprint density at radius 1 is 0.870 bits per heavy atom. The van der Waals surface area contributed by atoms with Crippen LogP contribution < -0.4 is 9.46 Å². The SMILES string of the molecule is O=S(=O)(N[C@H]1CCCC[C@H]1Oc1ccccc1)c1ccccc1. The highest BCUT2D eigenvalue weighted by atomic mass is 32.2. The number of ether oxygens (including phenoxy) is 1. The Morgan fingerprint density at radius 2 is 1.48 bits per heavy atom. The van der Waals surface area contributed by atoms with Crippen LogP contribution in [0.1, 0.15) is 25.7 Å². The first-order valence-corrected chi connectivity index (χ1v) is 9.42. The second-order valence-electron chi connectivity index (χ2n) is 5.79. The van der Waals surface area contributed by atoms with Crippen molar-refractivity contribution in [1.29, 1.82) is 0 Å². The minimum atomic E-state index is -3.52. The van der Waals surface area contributed by atoms with E-state index in [1.807, 2.05) is 30.3 Å². The predicted octanol–water partition coefficient (Wildman–Crippen LogP) is 3.36. The molecule has 0 bridgehead atoms. The molecule has 4 nitrogen and oxygen atoms in total. The highest BCUT2D eigenvalue weighted by molar-refractivity contribution is 7.89. The Kier molecular flexibility index (Phi) is 4.98. The monoisotopic (exact) mass is 331 g/mol. The van der Waals surface area contributed by atoms with Crippen molar-refractivity contribution in [2.75, 3.05) is 0 Å². The molecule has 5 heteroatoms. The lowest BCUT2D eigenvalue weighted by atomic mass is 9.93. The fourth-order valence-electron chi connectivity index (χ4n) is 2.91. The van der Waals surface area contributed by atoms with Gasteiger partial charge in [-0.2, -0.15) is 0 Å². The van der Waals surface area contributed by atoms with E-state index in [0.717, 1.165) is 31.4 Å². The van der Waals surface area contributed by atoms with Crippen LogP contribution in [0.3, 0.4) is 0 Å². The van der Waals surface area contributed by atoms with E-state index in [-0.39, 0.29) is 12.1 Å². The third kappa shape index (κ3) is 4.12. The van der Waals surface area contributed by atoms with Crippen LogP contribution in [-0.2, 0) is 10.0 Å². The zero-order chi connectivity index (χ0) is 16.1.